The molecule has 0 fully saturated rings. The number of ketones is 1. The molecular formula is C16H13BrO2. The molecule has 0 amide bonds. The number of halogens is 1. The van der Waals surface area contributed by atoms with Gasteiger partial charge in [0.2, 0.25) is 0 Å². The Labute approximate surface area is 120 Å². The maximum Gasteiger partial charge on any atom is 0.167 e. The Morgan fingerprint density at radius 1 is 1.21 bits per heavy atom. The minimum atomic E-state index is 0.146. The Bertz CT molecular complexity index is 634. The van der Waals surface area contributed by atoms with E-state index >= 15 is 0 Å². The van der Waals surface area contributed by atoms with Gasteiger partial charge in [-0.1, -0.05) is 28.1 Å². The fourth-order valence-electron chi connectivity index (χ4n) is 2.29. The molecule has 0 N–H and O–H groups in total. The van der Waals surface area contributed by atoms with Gasteiger partial charge in [-0.05, 0) is 41.5 Å². The molecule has 1 aliphatic heterocycles. The second kappa shape index (κ2) is 5.17. The second-order valence-electron chi connectivity index (χ2n) is 4.65. The largest absolute Gasteiger partial charge is 0.493 e. The van der Waals surface area contributed by atoms with E-state index in [0.717, 1.165) is 39.9 Å². The Morgan fingerprint density at radius 2 is 2.11 bits per heavy atom. The molecule has 1 heterocycles. The molecule has 0 aromatic heterocycles. The first kappa shape index (κ1) is 12.4. The van der Waals surface area contributed by atoms with E-state index in [2.05, 4.69) is 15.9 Å². The lowest BCUT2D eigenvalue weighted by atomic mass is 10.0. The van der Waals surface area contributed by atoms with E-state index in [4.69, 9.17) is 4.74 Å². The van der Waals surface area contributed by atoms with Crippen molar-refractivity contribution in [2.45, 2.75) is 12.8 Å². The van der Waals surface area contributed by atoms with E-state index in [9.17, 15) is 4.79 Å². The molecule has 0 spiro atoms. The highest BCUT2D eigenvalue weighted by Gasteiger charge is 2.15. The number of carbonyl (C=O) groups is 1. The van der Waals surface area contributed by atoms with Gasteiger partial charge in [-0.2, -0.15) is 0 Å². The van der Waals surface area contributed by atoms with Crippen molar-refractivity contribution in [3.63, 3.8) is 0 Å². The van der Waals surface area contributed by atoms with Crippen LogP contribution in [0.5, 0.6) is 5.75 Å². The Kier molecular flexibility index (Phi) is 3.38. The average Bonchev–Trinajstić information content (AvgIpc) is 2.85. The molecule has 19 heavy (non-hydrogen) atoms. The van der Waals surface area contributed by atoms with E-state index in [0.29, 0.717) is 6.42 Å². The molecule has 0 atom stereocenters. The smallest absolute Gasteiger partial charge is 0.167 e. The normalized spacial score (nSPS) is 12.9. The Hall–Kier alpha value is -1.61. The standard InChI is InChI=1S/C16H13BrO2/c17-14-3-1-2-11(8-14)9-15(18)12-4-5-16-13(10-12)6-7-19-16/h1-5,8,10H,6-7,9H2. The van der Waals surface area contributed by atoms with Crippen LogP contribution in [0.1, 0.15) is 21.5 Å². The minimum Gasteiger partial charge on any atom is -0.493 e. The highest BCUT2D eigenvalue weighted by molar-refractivity contribution is 9.10. The van der Waals surface area contributed by atoms with Gasteiger partial charge in [0.05, 0.1) is 6.61 Å². The first-order valence-electron chi connectivity index (χ1n) is 6.26. The van der Waals surface area contributed by atoms with Crippen molar-refractivity contribution in [1.29, 1.82) is 0 Å². The van der Waals surface area contributed by atoms with Crippen molar-refractivity contribution in [2.24, 2.45) is 0 Å². The number of carbonyl (C=O) groups excluding carboxylic acids is 1. The summed E-state index contributed by atoms with van der Waals surface area (Å²) < 4.78 is 6.45. The Morgan fingerprint density at radius 3 is 2.95 bits per heavy atom. The van der Waals surface area contributed by atoms with E-state index < -0.39 is 0 Å². The first-order chi connectivity index (χ1) is 9.22. The molecule has 0 saturated carbocycles. The summed E-state index contributed by atoms with van der Waals surface area (Å²) in [7, 11) is 0. The molecular weight excluding hydrogens is 304 g/mol. The highest BCUT2D eigenvalue weighted by atomic mass is 79.9. The number of Topliss-reactive ketones (excluding diaryl/α,β-unsaturated/α-hetero) is 1. The SMILES string of the molecule is O=C(Cc1cccc(Br)c1)c1ccc2c(c1)CCO2. The second-order valence-corrected chi connectivity index (χ2v) is 5.57. The highest BCUT2D eigenvalue weighted by Crippen LogP contribution is 2.26. The van der Waals surface area contributed by atoms with Crippen LogP contribution in [0.4, 0.5) is 0 Å². The predicted octanol–water partition coefficient (Wildman–Crippen LogP) is 3.81. The lowest BCUT2D eigenvalue weighted by Gasteiger charge is -2.04. The minimum absolute atomic E-state index is 0.146. The molecule has 96 valence electrons. The summed E-state index contributed by atoms with van der Waals surface area (Å²) in [5, 5.41) is 0. The van der Waals surface area contributed by atoms with Crippen LogP contribution >= 0.6 is 15.9 Å². The molecule has 0 aliphatic carbocycles. The van der Waals surface area contributed by atoms with Crippen LogP contribution in [0.3, 0.4) is 0 Å². The van der Waals surface area contributed by atoms with Crippen LogP contribution in [0.2, 0.25) is 0 Å². The molecule has 3 rings (SSSR count). The van der Waals surface area contributed by atoms with Crippen LogP contribution in [-0.2, 0) is 12.8 Å². The molecule has 2 aromatic carbocycles. The zero-order valence-electron chi connectivity index (χ0n) is 10.4. The number of hydrogen-bond acceptors (Lipinski definition) is 2. The van der Waals surface area contributed by atoms with Crippen LogP contribution in [-0.4, -0.2) is 12.4 Å². The van der Waals surface area contributed by atoms with Crippen molar-refractivity contribution in [2.75, 3.05) is 6.61 Å². The lowest BCUT2D eigenvalue weighted by Crippen LogP contribution is -2.03. The van der Waals surface area contributed by atoms with E-state index in [1.165, 1.54) is 0 Å². The lowest BCUT2D eigenvalue weighted by molar-refractivity contribution is 0.0993. The van der Waals surface area contributed by atoms with E-state index in [1.807, 2.05) is 42.5 Å². The molecule has 0 saturated heterocycles. The van der Waals surface area contributed by atoms with E-state index in [-0.39, 0.29) is 5.78 Å². The summed E-state index contributed by atoms with van der Waals surface area (Å²) in [6, 6.07) is 13.6. The summed E-state index contributed by atoms with van der Waals surface area (Å²) in [5.74, 6) is 1.06. The molecule has 1 aliphatic rings. The molecule has 3 heteroatoms. The van der Waals surface area contributed by atoms with Crippen LogP contribution in [0.25, 0.3) is 0 Å². The fourth-order valence-corrected chi connectivity index (χ4v) is 2.74. The number of fused-ring (bicyclic) bond motifs is 1. The van der Waals surface area contributed by atoms with Gasteiger partial charge in [-0.15, -0.1) is 0 Å². The van der Waals surface area contributed by atoms with Gasteiger partial charge in [-0.3, -0.25) is 4.79 Å². The summed E-state index contributed by atoms with van der Waals surface area (Å²) in [4.78, 5) is 12.3. The van der Waals surface area contributed by atoms with Crippen molar-refractivity contribution in [3.8, 4) is 5.75 Å². The van der Waals surface area contributed by atoms with Crippen molar-refractivity contribution < 1.29 is 9.53 Å². The van der Waals surface area contributed by atoms with Crippen LogP contribution < -0.4 is 4.74 Å². The van der Waals surface area contributed by atoms with E-state index in [1.54, 1.807) is 0 Å². The molecule has 2 aromatic rings. The third-order valence-corrected chi connectivity index (χ3v) is 3.76. The topological polar surface area (TPSA) is 26.3 Å². The van der Waals surface area contributed by atoms with Crippen molar-refractivity contribution in [1.82, 2.24) is 0 Å². The number of benzene rings is 2. The average molecular weight is 317 g/mol. The van der Waals surface area contributed by atoms with Gasteiger partial charge in [-0.25, -0.2) is 0 Å². The maximum atomic E-state index is 12.3. The van der Waals surface area contributed by atoms with Crippen LogP contribution in [0.15, 0.2) is 46.9 Å². The number of hydrogen-bond donors (Lipinski definition) is 0. The van der Waals surface area contributed by atoms with Gasteiger partial charge in [0, 0.05) is 22.9 Å². The fraction of sp³-hybridized carbons (Fsp3) is 0.188. The van der Waals surface area contributed by atoms with Gasteiger partial charge >= 0.3 is 0 Å². The summed E-state index contributed by atoms with van der Waals surface area (Å²) in [6.45, 7) is 0.721. The monoisotopic (exact) mass is 316 g/mol. The van der Waals surface area contributed by atoms with Gasteiger partial charge in [0.25, 0.3) is 0 Å². The quantitative estimate of drug-likeness (QED) is 0.805. The Balaban J connectivity index is 1.81. The molecule has 0 bridgehead atoms. The molecule has 0 unspecified atom stereocenters. The number of ether oxygens (including phenoxy) is 1. The number of rotatable bonds is 3. The van der Waals surface area contributed by atoms with Crippen LogP contribution in [0, 0.1) is 0 Å². The zero-order valence-corrected chi connectivity index (χ0v) is 11.9. The molecule has 2 nitrogen and oxygen atoms in total. The van der Waals surface area contributed by atoms with Crippen molar-refractivity contribution >= 4 is 21.7 Å². The third kappa shape index (κ3) is 2.71. The van der Waals surface area contributed by atoms with Gasteiger partial charge in [0.1, 0.15) is 5.75 Å². The van der Waals surface area contributed by atoms with Gasteiger partial charge in [0.15, 0.2) is 5.78 Å². The zero-order chi connectivity index (χ0) is 13.2. The maximum absolute atomic E-state index is 12.3. The third-order valence-electron chi connectivity index (χ3n) is 3.27. The van der Waals surface area contributed by atoms with Crippen molar-refractivity contribution in [3.05, 3.63) is 63.6 Å². The summed E-state index contributed by atoms with van der Waals surface area (Å²) in [5.41, 5.74) is 2.93. The first-order valence-corrected chi connectivity index (χ1v) is 7.05. The predicted molar refractivity (Wildman–Crippen MR) is 77.8 cm³/mol. The summed E-state index contributed by atoms with van der Waals surface area (Å²) in [6.07, 6.45) is 1.33. The summed E-state index contributed by atoms with van der Waals surface area (Å²) >= 11 is 3.42. The van der Waals surface area contributed by atoms with Gasteiger partial charge < -0.3 is 4.74 Å². The molecule has 0 radical (unpaired) electrons.